The van der Waals surface area contributed by atoms with Crippen LogP contribution in [0.15, 0.2) is 54.6 Å². The summed E-state index contributed by atoms with van der Waals surface area (Å²) in [4.78, 5) is 50.6. The van der Waals surface area contributed by atoms with Gasteiger partial charge in [0, 0.05) is 24.9 Å². The van der Waals surface area contributed by atoms with Crippen molar-refractivity contribution in [3.05, 3.63) is 70.3 Å². The molecule has 150 valence electrons. The summed E-state index contributed by atoms with van der Waals surface area (Å²) in [6.07, 6.45) is 0.338. The van der Waals surface area contributed by atoms with Crippen molar-refractivity contribution in [1.82, 2.24) is 10.2 Å². The lowest BCUT2D eigenvalue weighted by Gasteiger charge is -2.26. The van der Waals surface area contributed by atoms with E-state index in [1.807, 2.05) is 6.07 Å². The Bertz CT molecular complexity index is 961. The number of hydrogen-bond donors (Lipinski definition) is 1. The molecular weight excluding hydrogens is 376 g/mol. The van der Waals surface area contributed by atoms with Crippen molar-refractivity contribution in [1.29, 1.82) is 0 Å². The zero-order valence-corrected chi connectivity index (χ0v) is 16.0. The van der Waals surface area contributed by atoms with Gasteiger partial charge in [-0.2, -0.15) is 0 Å². The molecule has 0 aromatic heterocycles. The Labute approximate surface area is 167 Å². The molecule has 0 aliphatic carbocycles. The van der Waals surface area contributed by atoms with Crippen LogP contribution in [0.1, 0.15) is 18.9 Å². The normalized spacial score (nSPS) is 18.5. The third-order valence-corrected chi connectivity index (χ3v) is 5.09. The molecule has 1 atom stereocenters. The van der Waals surface area contributed by atoms with Crippen LogP contribution in [0.2, 0.25) is 0 Å². The smallest absolute Gasteiger partial charge is 0.319 e. The average molecular weight is 396 g/mol. The summed E-state index contributed by atoms with van der Waals surface area (Å²) in [5.74, 6) is -0.982. The minimum Gasteiger partial charge on any atom is -0.319 e. The van der Waals surface area contributed by atoms with Crippen molar-refractivity contribution in [3.8, 4) is 0 Å². The number of nitro benzene ring substituents is 1. The molecule has 1 saturated heterocycles. The van der Waals surface area contributed by atoms with Crippen LogP contribution in [0.5, 0.6) is 0 Å². The largest absolute Gasteiger partial charge is 0.325 e. The maximum atomic E-state index is 13.1. The highest BCUT2D eigenvalue weighted by atomic mass is 16.6. The highest BCUT2D eigenvalue weighted by molar-refractivity contribution is 6.10. The summed E-state index contributed by atoms with van der Waals surface area (Å²) in [5, 5.41) is 13.5. The zero-order valence-electron chi connectivity index (χ0n) is 16.0. The quantitative estimate of drug-likeness (QED) is 0.458. The third kappa shape index (κ3) is 3.54. The number of rotatable bonds is 6. The van der Waals surface area contributed by atoms with Gasteiger partial charge in [-0.3, -0.25) is 24.6 Å². The number of carbonyl (C=O) groups is 3. The second kappa shape index (κ2) is 7.70. The molecule has 1 heterocycles. The predicted octanol–water partition coefficient (Wildman–Crippen LogP) is 2.41. The number of likely N-dealkylation sites (N-methyl/N-ethyl adjacent to an activating group) is 1. The first kappa shape index (κ1) is 20.0. The van der Waals surface area contributed by atoms with Crippen molar-refractivity contribution < 1.29 is 19.3 Å². The zero-order chi connectivity index (χ0) is 21.2. The Balaban J connectivity index is 1.79. The van der Waals surface area contributed by atoms with Gasteiger partial charge in [0.15, 0.2) is 0 Å². The van der Waals surface area contributed by atoms with Crippen LogP contribution in [-0.2, 0) is 15.1 Å². The van der Waals surface area contributed by atoms with E-state index in [1.165, 1.54) is 36.2 Å². The van der Waals surface area contributed by atoms with Crippen molar-refractivity contribution in [2.24, 2.45) is 0 Å². The van der Waals surface area contributed by atoms with Crippen LogP contribution in [0.3, 0.4) is 0 Å². The van der Waals surface area contributed by atoms with Gasteiger partial charge in [0.2, 0.25) is 5.91 Å². The summed E-state index contributed by atoms with van der Waals surface area (Å²) in [6.45, 7) is 1.35. The highest BCUT2D eigenvalue weighted by Gasteiger charge is 2.51. The van der Waals surface area contributed by atoms with E-state index < -0.39 is 34.9 Å². The number of non-ortho nitro benzene ring substituents is 1. The van der Waals surface area contributed by atoms with Gasteiger partial charge in [-0.1, -0.05) is 37.3 Å². The molecule has 9 heteroatoms. The number of benzene rings is 2. The Morgan fingerprint density at radius 1 is 1.14 bits per heavy atom. The second-order valence-corrected chi connectivity index (χ2v) is 6.67. The maximum Gasteiger partial charge on any atom is 0.325 e. The number of nitrogens with zero attached hydrogens (tertiary/aromatic N) is 3. The fourth-order valence-corrected chi connectivity index (χ4v) is 3.32. The average Bonchev–Trinajstić information content (AvgIpc) is 2.99. The highest BCUT2D eigenvalue weighted by Crippen LogP contribution is 2.32. The van der Waals surface area contributed by atoms with E-state index in [4.69, 9.17) is 0 Å². The maximum absolute atomic E-state index is 13.1. The lowest BCUT2D eigenvalue weighted by atomic mass is 9.87. The van der Waals surface area contributed by atoms with Gasteiger partial charge in [0.05, 0.1) is 4.92 Å². The van der Waals surface area contributed by atoms with E-state index in [9.17, 15) is 24.5 Å². The molecule has 29 heavy (non-hydrogen) atoms. The molecule has 0 spiro atoms. The first-order chi connectivity index (χ1) is 13.8. The number of hydrogen-bond acceptors (Lipinski definition) is 5. The molecular formula is C20H20N4O5. The summed E-state index contributed by atoms with van der Waals surface area (Å²) in [7, 11) is 1.48. The van der Waals surface area contributed by atoms with Crippen molar-refractivity contribution in [3.63, 3.8) is 0 Å². The monoisotopic (exact) mass is 396 g/mol. The molecule has 0 bridgehead atoms. The van der Waals surface area contributed by atoms with Gasteiger partial charge in [-0.15, -0.1) is 0 Å². The fourth-order valence-electron chi connectivity index (χ4n) is 3.32. The lowest BCUT2D eigenvalue weighted by molar-refractivity contribution is -0.384. The van der Waals surface area contributed by atoms with E-state index in [1.54, 1.807) is 31.2 Å². The van der Waals surface area contributed by atoms with Crippen LogP contribution < -0.4 is 10.2 Å². The minimum atomic E-state index is -1.20. The molecule has 2 aromatic rings. The SMILES string of the molecule is CCC1(c2ccccc2)NC(=O)N(CC(=O)N(C)c2ccc([N+](=O)[O-])cc2)C1=O. The summed E-state index contributed by atoms with van der Waals surface area (Å²) >= 11 is 0. The summed E-state index contributed by atoms with van der Waals surface area (Å²) < 4.78 is 0. The molecule has 1 unspecified atom stereocenters. The molecule has 1 aliphatic heterocycles. The standard InChI is InChI=1S/C20H20N4O5/c1-3-20(14-7-5-4-6-8-14)18(26)23(19(27)21-20)13-17(25)22(2)15-9-11-16(12-10-15)24(28)29/h4-12H,3,13H2,1-2H3,(H,21,27). The fraction of sp³-hybridized carbons (Fsp3) is 0.250. The van der Waals surface area contributed by atoms with Crippen molar-refractivity contribution in [2.45, 2.75) is 18.9 Å². The van der Waals surface area contributed by atoms with Gasteiger partial charge in [0.1, 0.15) is 12.1 Å². The van der Waals surface area contributed by atoms with Gasteiger partial charge in [0.25, 0.3) is 11.6 Å². The van der Waals surface area contributed by atoms with E-state index in [-0.39, 0.29) is 5.69 Å². The van der Waals surface area contributed by atoms with E-state index in [0.717, 1.165) is 4.90 Å². The number of nitro groups is 1. The molecule has 1 N–H and O–H groups in total. The third-order valence-electron chi connectivity index (χ3n) is 5.09. The van der Waals surface area contributed by atoms with Crippen LogP contribution in [0.25, 0.3) is 0 Å². The molecule has 4 amide bonds. The van der Waals surface area contributed by atoms with Crippen LogP contribution in [0.4, 0.5) is 16.2 Å². The van der Waals surface area contributed by atoms with Gasteiger partial charge < -0.3 is 10.2 Å². The molecule has 0 saturated carbocycles. The van der Waals surface area contributed by atoms with E-state index >= 15 is 0 Å². The van der Waals surface area contributed by atoms with Crippen LogP contribution in [0, 0.1) is 10.1 Å². The van der Waals surface area contributed by atoms with Gasteiger partial charge in [-0.05, 0) is 24.1 Å². The first-order valence-electron chi connectivity index (χ1n) is 9.01. The number of imide groups is 1. The second-order valence-electron chi connectivity index (χ2n) is 6.67. The van der Waals surface area contributed by atoms with Gasteiger partial charge in [-0.25, -0.2) is 4.79 Å². The van der Waals surface area contributed by atoms with Crippen LogP contribution >= 0.6 is 0 Å². The molecule has 1 fully saturated rings. The minimum absolute atomic E-state index is 0.0979. The number of anilines is 1. The molecule has 9 nitrogen and oxygen atoms in total. The number of amides is 4. The molecule has 2 aromatic carbocycles. The van der Waals surface area contributed by atoms with E-state index in [2.05, 4.69) is 5.32 Å². The molecule has 0 radical (unpaired) electrons. The van der Waals surface area contributed by atoms with Crippen molar-refractivity contribution in [2.75, 3.05) is 18.5 Å². The van der Waals surface area contributed by atoms with E-state index in [0.29, 0.717) is 17.7 Å². The molecule has 1 aliphatic rings. The van der Waals surface area contributed by atoms with Crippen LogP contribution in [-0.4, -0.2) is 41.3 Å². The Morgan fingerprint density at radius 3 is 2.31 bits per heavy atom. The lowest BCUT2D eigenvalue weighted by Crippen LogP contribution is -2.45. The number of nitrogens with one attached hydrogen (secondary N) is 1. The number of carbonyl (C=O) groups excluding carboxylic acids is 3. The predicted molar refractivity (Wildman–Crippen MR) is 105 cm³/mol. The van der Waals surface area contributed by atoms with Crippen molar-refractivity contribution >= 4 is 29.2 Å². The first-order valence-corrected chi connectivity index (χ1v) is 9.01. The topological polar surface area (TPSA) is 113 Å². The Kier molecular flexibility index (Phi) is 5.31. The Morgan fingerprint density at radius 2 is 1.76 bits per heavy atom. The summed E-state index contributed by atoms with van der Waals surface area (Å²) in [6, 6.07) is 13.7. The molecule has 3 rings (SSSR count). The number of urea groups is 1. The summed E-state index contributed by atoms with van der Waals surface area (Å²) in [5.41, 5.74) is -0.235. The van der Waals surface area contributed by atoms with Gasteiger partial charge >= 0.3 is 6.03 Å². The Hall–Kier alpha value is -3.75.